The molecule has 4 rings (SSSR count). The van der Waals surface area contributed by atoms with Crippen LogP contribution in [-0.2, 0) is 0 Å². The van der Waals surface area contributed by atoms with Crippen molar-refractivity contribution in [2.75, 3.05) is 51.3 Å². The summed E-state index contributed by atoms with van der Waals surface area (Å²) in [5, 5.41) is 3.91. The van der Waals surface area contributed by atoms with Gasteiger partial charge in [0, 0.05) is 44.8 Å². The largest absolute Gasteiger partial charge is 0.497 e. The van der Waals surface area contributed by atoms with E-state index in [2.05, 4.69) is 20.1 Å². The van der Waals surface area contributed by atoms with Crippen LogP contribution < -0.4 is 15.0 Å². The molecule has 0 atom stereocenters. The molecule has 0 radical (unpaired) electrons. The zero-order chi connectivity index (χ0) is 20.2. The third-order valence-corrected chi connectivity index (χ3v) is 6.11. The summed E-state index contributed by atoms with van der Waals surface area (Å²) in [5.74, 6) is 0.351. The molecule has 29 heavy (non-hydrogen) atoms. The van der Waals surface area contributed by atoms with Gasteiger partial charge in [-0.15, -0.1) is 0 Å². The number of halogens is 1. The zero-order valence-corrected chi connectivity index (χ0v) is 17.0. The average Bonchev–Trinajstić information content (AvgIpc) is 3.17. The Kier molecular flexibility index (Phi) is 5.92. The molecule has 0 unspecified atom stereocenters. The van der Waals surface area contributed by atoms with E-state index in [9.17, 15) is 9.18 Å². The van der Waals surface area contributed by atoms with Gasteiger partial charge in [0.25, 0.3) is 5.91 Å². The Bertz CT molecular complexity index is 1000. The van der Waals surface area contributed by atoms with Crippen LogP contribution in [0.2, 0.25) is 0 Å². The van der Waals surface area contributed by atoms with Gasteiger partial charge in [0.05, 0.1) is 17.3 Å². The van der Waals surface area contributed by atoms with Gasteiger partial charge < -0.3 is 15.0 Å². The van der Waals surface area contributed by atoms with Crippen molar-refractivity contribution in [2.24, 2.45) is 0 Å². The van der Waals surface area contributed by atoms with E-state index >= 15 is 0 Å². The lowest BCUT2D eigenvalue weighted by atomic mass is 10.2. The second-order valence-electron chi connectivity index (χ2n) is 6.93. The number of carbonyl (C=O) groups is 1. The lowest BCUT2D eigenvalue weighted by molar-refractivity contribution is 0.0947. The van der Waals surface area contributed by atoms with Crippen LogP contribution >= 0.6 is 11.3 Å². The molecule has 0 aliphatic carbocycles. The first-order valence-corrected chi connectivity index (χ1v) is 10.4. The minimum absolute atomic E-state index is 0.0933. The first-order valence-electron chi connectivity index (χ1n) is 9.58. The van der Waals surface area contributed by atoms with Crippen molar-refractivity contribution in [1.29, 1.82) is 0 Å². The number of ether oxygens (including phenoxy) is 1. The Labute approximate surface area is 172 Å². The number of fused-ring (bicyclic) bond motifs is 1. The number of benzene rings is 2. The van der Waals surface area contributed by atoms with E-state index in [4.69, 9.17) is 4.74 Å². The molecular formula is C21H23FN4O2S. The summed E-state index contributed by atoms with van der Waals surface area (Å²) in [4.78, 5) is 21.5. The van der Waals surface area contributed by atoms with Crippen LogP contribution in [-0.4, -0.2) is 62.2 Å². The Morgan fingerprint density at radius 3 is 2.83 bits per heavy atom. The highest BCUT2D eigenvalue weighted by molar-refractivity contribution is 7.22. The highest BCUT2D eigenvalue weighted by Gasteiger charge is 2.20. The number of rotatable bonds is 6. The van der Waals surface area contributed by atoms with E-state index in [1.165, 1.54) is 23.5 Å². The highest BCUT2D eigenvalue weighted by Crippen LogP contribution is 2.29. The van der Waals surface area contributed by atoms with Gasteiger partial charge in [-0.3, -0.25) is 9.69 Å². The quantitative estimate of drug-likeness (QED) is 0.672. The second kappa shape index (κ2) is 8.75. The number of hydrogen-bond acceptors (Lipinski definition) is 6. The van der Waals surface area contributed by atoms with Crippen LogP contribution in [0, 0.1) is 5.82 Å². The number of amides is 1. The van der Waals surface area contributed by atoms with Gasteiger partial charge >= 0.3 is 0 Å². The van der Waals surface area contributed by atoms with E-state index in [1.54, 1.807) is 25.3 Å². The minimum atomic E-state index is -0.228. The Morgan fingerprint density at radius 2 is 2.03 bits per heavy atom. The fourth-order valence-corrected chi connectivity index (χ4v) is 4.42. The molecule has 1 fully saturated rings. The number of hydrogen-bond donors (Lipinski definition) is 1. The van der Waals surface area contributed by atoms with Crippen molar-refractivity contribution in [3.8, 4) is 5.75 Å². The lowest BCUT2D eigenvalue weighted by Crippen LogP contribution is -2.48. The SMILES string of the molecule is COc1cccc(C(=O)NCCN2CCN(c3nc4ccc(F)cc4s3)CC2)c1. The summed E-state index contributed by atoms with van der Waals surface area (Å²) in [6.07, 6.45) is 0. The highest BCUT2D eigenvalue weighted by atomic mass is 32.1. The van der Waals surface area contributed by atoms with Crippen molar-refractivity contribution in [1.82, 2.24) is 15.2 Å². The molecule has 8 heteroatoms. The number of nitrogens with zero attached hydrogens (tertiary/aromatic N) is 3. The minimum Gasteiger partial charge on any atom is -0.497 e. The molecule has 1 aliphatic heterocycles. The topological polar surface area (TPSA) is 57.7 Å². The maximum absolute atomic E-state index is 13.4. The zero-order valence-electron chi connectivity index (χ0n) is 16.2. The van der Waals surface area contributed by atoms with Gasteiger partial charge in [-0.05, 0) is 36.4 Å². The predicted octanol–water partition coefficient (Wildman–Crippen LogP) is 3.00. The number of anilines is 1. The normalized spacial score (nSPS) is 14.9. The number of thiazole rings is 1. The average molecular weight is 415 g/mol. The summed E-state index contributed by atoms with van der Waals surface area (Å²) in [5.41, 5.74) is 1.44. The van der Waals surface area contributed by atoms with Gasteiger partial charge in [0.1, 0.15) is 11.6 Å². The van der Waals surface area contributed by atoms with Crippen molar-refractivity contribution in [3.05, 3.63) is 53.8 Å². The summed E-state index contributed by atoms with van der Waals surface area (Å²) in [7, 11) is 1.59. The molecule has 2 aromatic carbocycles. The van der Waals surface area contributed by atoms with Crippen molar-refractivity contribution in [2.45, 2.75) is 0 Å². The molecule has 1 aromatic heterocycles. The van der Waals surface area contributed by atoms with Gasteiger partial charge in [-0.2, -0.15) is 0 Å². The number of nitrogens with one attached hydrogen (secondary N) is 1. The summed E-state index contributed by atoms with van der Waals surface area (Å²) >= 11 is 1.53. The summed E-state index contributed by atoms with van der Waals surface area (Å²) < 4.78 is 19.4. The molecule has 0 spiro atoms. The van der Waals surface area contributed by atoms with Gasteiger partial charge in [-0.25, -0.2) is 9.37 Å². The number of piperazine rings is 1. The monoisotopic (exact) mass is 414 g/mol. The number of methoxy groups -OCH3 is 1. The molecule has 0 bridgehead atoms. The standard InChI is InChI=1S/C21H23FN4O2S/c1-28-17-4-2-3-15(13-17)20(27)23-7-8-25-9-11-26(12-10-25)21-24-18-6-5-16(22)14-19(18)29-21/h2-6,13-14H,7-12H2,1H3,(H,23,27). The fourth-order valence-electron chi connectivity index (χ4n) is 3.38. The molecule has 1 saturated heterocycles. The van der Waals surface area contributed by atoms with Crippen LogP contribution in [0.4, 0.5) is 9.52 Å². The van der Waals surface area contributed by atoms with Gasteiger partial charge in [-0.1, -0.05) is 17.4 Å². The number of carbonyl (C=O) groups excluding carboxylic acids is 1. The first-order chi connectivity index (χ1) is 14.1. The molecular weight excluding hydrogens is 391 g/mol. The Morgan fingerprint density at radius 1 is 1.21 bits per heavy atom. The molecule has 0 saturated carbocycles. The second-order valence-corrected chi connectivity index (χ2v) is 7.93. The van der Waals surface area contributed by atoms with E-state index in [0.29, 0.717) is 17.9 Å². The van der Waals surface area contributed by atoms with Gasteiger partial charge in [0.2, 0.25) is 0 Å². The maximum atomic E-state index is 13.4. The third kappa shape index (κ3) is 4.65. The van der Waals surface area contributed by atoms with E-state index in [1.807, 2.05) is 12.1 Å². The molecule has 6 nitrogen and oxygen atoms in total. The van der Waals surface area contributed by atoms with Crippen LogP contribution in [0.25, 0.3) is 10.2 Å². The lowest BCUT2D eigenvalue weighted by Gasteiger charge is -2.34. The van der Waals surface area contributed by atoms with E-state index < -0.39 is 0 Å². The van der Waals surface area contributed by atoms with Crippen LogP contribution in [0.5, 0.6) is 5.75 Å². The van der Waals surface area contributed by atoms with Crippen molar-refractivity contribution >= 4 is 32.6 Å². The van der Waals surface area contributed by atoms with Crippen LogP contribution in [0.3, 0.4) is 0 Å². The molecule has 3 aromatic rings. The Balaban J connectivity index is 1.25. The first kappa shape index (κ1) is 19.6. The summed E-state index contributed by atoms with van der Waals surface area (Å²) in [6.45, 7) is 4.93. The molecule has 1 aliphatic rings. The molecule has 2 heterocycles. The maximum Gasteiger partial charge on any atom is 0.251 e. The van der Waals surface area contributed by atoms with Gasteiger partial charge in [0.15, 0.2) is 5.13 Å². The molecule has 1 amide bonds. The predicted molar refractivity (Wildman–Crippen MR) is 114 cm³/mol. The molecule has 152 valence electrons. The van der Waals surface area contributed by atoms with Crippen molar-refractivity contribution in [3.63, 3.8) is 0 Å². The van der Waals surface area contributed by atoms with Crippen LogP contribution in [0.15, 0.2) is 42.5 Å². The van der Waals surface area contributed by atoms with E-state index in [0.717, 1.165) is 48.1 Å². The van der Waals surface area contributed by atoms with Crippen LogP contribution in [0.1, 0.15) is 10.4 Å². The molecule has 1 N–H and O–H groups in total. The summed E-state index contributed by atoms with van der Waals surface area (Å²) in [6, 6.07) is 11.9. The smallest absolute Gasteiger partial charge is 0.251 e. The fraction of sp³-hybridized carbons (Fsp3) is 0.333. The Hall–Kier alpha value is -2.71. The number of aromatic nitrogens is 1. The third-order valence-electron chi connectivity index (χ3n) is 5.03. The van der Waals surface area contributed by atoms with Crippen molar-refractivity contribution < 1.29 is 13.9 Å². The van der Waals surface area contributed by atoms with E-state index in [-0.39, 0.29) is 11.7 Å².